The van der Waals surface area contributed by atoms with Gasteiger partial charge in [0.15, 0.2) is 0 Å². The van der Waals surface area contributed by atoms with Crippen molar-refractivity contribution in [2.24, 2.45) is 0 Å². The van der Waals surface area contributed by atoms with Gasteiger partial charge >= 0.3 is 11.8 Å². The van der Waals surface area contributed by atoms with E-state index in [1.807, 2.05) is 31.3 Å². The van der Waals surface area contributed by atoms with Crippen LogP contribution in [0.5, 0.6) is 0 Å². The molecule has 0 saturated carbocycles. The number of fused-ring (bicyclic) bond motifs is 1. The van der Waals surface area contributed by atoms with Crippen molar-refractivity contribution in [3.8, 4) is 0 Å². The van der Waals surface area contributed by atoms with E-state index in [1.54, 1.807) is 18.2 Å². The molecule has 1 heterocycles. The van der Waals surface area contributed by atoms with E-state index < -0.39 is 11.8 Å². The maximum Gasteiger partial charge on any atom is 0.313 e. The zero-order chi connectivity index (χ0) is 18.7. The molecule has 0 atom stereocenters. The fourth-order valence-corrected chi connectivity index (χ4v) is 3.53. The van der Waals surface area contributed by atoms with E-state index in [1.165, 1.54) is 5.56 Å². The maximum atomic E-state index is 12.0. The molecule has 2 amide bonds. The summed E-state index contributed by atoms with van der Waals surface area (Å²) in [6.07, 6.45) is 2.56. The zero-order valence-corrected chi connectivity index (χ0v) is 16.4. The van der Waals surface area contributed by atoms with Crippen molar-refractivity contribution in [3.63, 3.8) is 0 Å². The van der Waals surface area contributed by atoms with Gasteiger partial charge in [-0.1, -0.05) is 39.7 Å². The lowest BCUT2D eigenvalue weighted by atomic mass is 10.1. The third-order valence-corrected chi connectivity index (χ3v) is 4.87. The van der Waals surface area contributed by atoms with Gasteiger partial charge in [0.25, 0.3) is 0 Å². The minimum absolute atomic E-state index is 0.356. The van der Waals surface area contributed by atoms with Gasteiger partial charge in [-0.2, -0.15) is 0 Å². The average molecular weight is 435 g/mol. The summed E-state index contributed by atoms with van der Waals surface area (Å²) < 4.78 is 0.791. The molecule has 0 saturated heterocycles. The number of hydrogen-bond donors (Lipinski definition) is 3. The highest BCUT2D eigenvalue weighted by Gasteiger charge is 2.15. The van der Waals surface area contributed by atoms with Gasteiger partial charge in [-0.25, -0.2) is 0 Å². The molecule has 0 bridgehead atoms. The topological polar surface area (TPSA) is 74.0 Å². The molecule has 3 N–H and O–H groups in total. The van der Waals surface area contributed by atoms with Crippen molar-refractivity contribution in [2.45, 2.75) is 13.3 Å². The first-order chi connectivity index (χ1) is 12.5. The van der Waals surface area contributed by atoms with Crippen molar-refractivity contribution in [1.29, 1.82) is 0 Å². The summed E-state index contributed by atoms with van der Waals surface area (Å²) in [4.78, 5) is 27.2. The molecule has 3 rings (SSSR count). The summed E-state index contributed by atoms with van der Waals surface area (Å²) in [5.74, 6) is -1.44. The first kappa shape index (κ1) is 18.5. The molecule has 3 aromatic rings. The molecule has 0 spiro atoms. The van der Waals surface area contributed by atoms with E-state index >= 15 is 0 Å². The SMILES string of the molecule is Cc1cccc2[nH]cc(CCNC(=O)C(=O)Nc3ccc(Br)cc3Cl)c12. The van der Waals surface area contributed by atoms with E-state index in [4.69, 9.17) is 11.6 Å². The molecule has 1 aromatic heterocycles. The quantitative estimate of drug-likeness (QED) is 0.539. The Bertz CT molecular complexity index is 984. The molecule has 7 heteroatoms. The number of amides is 2. The number of nitrogens with one attached hydrogen (secondary N) is 3. The smallest absolute Gasteiger partial charge is 0.313 e. The Balaban J connectivity index is 1.57. The third kappa shape index (κ3) is 4.08. The monoisotopic (exact) mass is 433 g/mol. The van der Waals surface area contributed by atoms with Crippen LogP contribution in [0.15, 0.2) is 47.1 Å². The molecular weight excluding hydrogens is 418 g/mol. The average Bonchev–Trinajstić information content (AvgIpc) is 3.02. The van der Waals surface area contributed by atoms with Gasteiger partial charge in [0.05, 0.1) is 10.7 Å². The van der Waals surface area contributed by atoms with Crippen LogP contribution in [0, 0.1) is 6.92 Å². The normalized spacial score (nSPS) is 10.7. The number of aromatic amines is 1. The second-order valence-corrected chi connectivity index (χ2v) is 7.22. The van der Waals surface area contributed by atoms with Gasteiger partial charge in [0, 0.05) is 28.1 Å². The number of hydrogen-bond acceptors (Lipinski definition) is 2. The van der Waals surface area contributed by atoms with Crippen molar-refractivity contribution in [1.82, 2.24) is 10.3 Å². The van der Waals surface area contributed by atoms with E-state index in [9.17, 15) is 9.59 Å². The van der Waals surface area contributed by atoms with Gasteiger partial charge in [-0.15, -0.1) is 0 Å². The molecule has 26 heavy (non-hydrogen) atoms. The van der Waals surface area contributed by atoms with Crippen LogP contribution >= 0.6 is 27.5 Å². The van der Waals surface area contributed by atoms with E-state index in [2.05, 4.69) is 31.5 Å². The highest BCUT2D eigenvalue weighted by Crippen LogP contribution is 2.25. The van der Waals surface area contributed by atoms with Crippen molar-refractivity contribution in [3.05, 3.63) is 63.2 Å². The van der Waals surface area contributed by atoms with E-state index in [-0.39, 0.29) is 0 Å². The van der Waals surface area contributed by atoms with Crippen LogP contribution in [-0.4, -0.2) is 23.3 Å². The molecule has 0 aliphatic carbocycles. The lowest BCUT2D eigenvalue weighted by Crippen LogP contribution is -2.36. The summed E-state index contributed by atoms with van der Waals surface area (Å²) in [5.41, 5.74) is 3.73. The van der Waals surface area contributed by atoms with Crippen LogP contribution in [0.25, 0.3) is 10.9 Å². The number of carbonyl (C=O) groups is 2. The Morgan fingerprint density at radius 3 is 2.77 bits per heavy atom. The molecule has 0 aliphatic rings. The van der Waals surface area contributed by atoms with Crippen LogP contribution in [0.4, 0.5) is 5.69 Å². The Morgan fingerprint density at radius 1 is 1.19 bits per heavy atom. The van der Waals surface area contributed by atoms with Crippen molar-refractivity contribution >= 4 is 55.9 Å². The highest BCUT2D eigenvalue weighted by atomic mass is 79.9. The van der Waals surface area contributed by atoms with Crippen LogP contribution in [0.2, 0.25) is 5.02 Å². The number of halogens is 2. The zero-order valence-electron chi connectivity index (χ0n) is 14.0. The standard InChI is InChI=1S/C19H17BrClN3O2/c1-11-3-2-4-16-17(11)12(10-23-16)7-8-22-18(25)19(26)24-15-6-5-13(20)9-14(15)21/h2-6,9-10,23H,7-8H2,1H3,(H,22,25)(H,24,26). The number of aromatic nitrogens is 1. The second kappa shape index (κ2) is 7.93. The minimum atomic E-state index is -0.746. The molecular formula is C19H17BrClN3O2. The van der Waals surface area contributed by atoms with E-state index in [0.29, 0.717) is 23.7 Å². The van der Waals surface area contributed by atoms with Gasteiger partial charge in [0.2, 0.25) is 0 Å². The molecule has 134 valence electrons. The number of H-pyrrole nitrogens is 1. The number of anilines is 1. The van der Waals surface area contributed by atoms with Gasteiger partial charge in [-0.05, 0) is 48.7 Å². The first-order valence-electron chi connectivity index (χ1n) is 8.05. The first-order valence-corrected chi connectivity index (χ1v) is 9.22. The predicted octanol–water partition coefficient (Wildman–Crippen LogP) is 4.19. The second-order valence-electron chi connectivity index (χ2n) is 5.90. The lowest BCUT2D eigenvalue weighted by Gasteiger charge is -2.08. The lowest BCUT2D eigenvalue weighted by molar-refractivity contribution is -0.136. The largest absolute Gasteiger partial charge is 0.361 e. The van der Waals surface area contributed by atoms with Crippen LogP contribution in [0.3, 0.4) is 0 Å². The summed E-state index contributed by atoms with van der Waals surface area (Å²) in [5, 5.41) is 6.66. The van der Waals surface area contributed by atoms with Crippen LogP contribution < -0.4 is 10.6 Å². The Kier molecular flexibility index (Phi) is 5.64. The van der Waals surface area contributed by atoms with Gasteiger partial charge < -0.3 is 15.6 Å². The fourth-order valence-electron chi connectivity index (χ4n) is 2.81. The van der Waals surface area contributed by atoms with Crippen LogP contribution in [-0.2, 0) is 16.0 Å². The Morgan fingerprint density at radius 2 is 2.00 bits per heavy atom. The molecule has 0 unspecified atom stereocenters. The number of aryl methyl sites for hydroxylation is 1. The number of benzene rings is 2. The summed E-state index contributed by atoms with van der Waals surface area (Å²) in [6, 6.07) is 11.1. The predicted molar refractivity (Wildman–Crippen MR) is 108 cm³/mol. The minimum Gasteiger partial charge on any atom is -0.361 e. The third-order valence-electron chi connectivity index (χ3n) is 4.06. The molecule has 0 radical (unpaired) electrons. The maximum absolute atomic E-state index is 12.0. The van der Waals surface area contributed by atoms with Crippen molar-refractivity contribution < 1.29 is 9.59 Å². The Labute approximate surface area is 164 Å². The highest BCUT2D eigenvalue weighted by molar-refractivity contribution is 9.10. The van der Waals surface area contributed by atoms with E-state index in [0.717, 1.165) is 20.9 Å². The molecule has 5 nitrogen and oxygen atoms in total. The number of carbonyl (C=O) groups excluding carboxylic acids is 2. The molecule has 0 fully saturated rings. The summed E-state index contributed by atoms with van der Waals surface area (Å²) in [6.45, 7) is 2.41. The molecule has 0 aliphatic heterocycles. The fraction of sp³-hybridized carbons (Fsp3) is 0.158. The summed E-state index contributed by atoms with van der Waals surface area (Å²) >= 11 is 9.33. The number of rotatable bonds is 4. The van der Waals surface area contributed by atoms with Gasteiger partial charge in [-0.3, -0.25) is 9.59 Å². The van der Waals surface area contributed by atoms with Crippen LogP contribution in [0.1, 0.15) is 11.1 Å². The summed E-state index contributed by atoms with van der Waals surface area (Å²) in [7, 11) is 0. The van der Waals surface area contributed by atoms with Gasteiger partial charge in [0.1, 0.15) is 0 Å². The van der Waals surface area contributed by atoms with Crippen molar-refractivity contribution in [2.75, 3.05) is 11.9 Å². The molecule has 2 aromatic carbocycles. The Hall–Kier alpha value is -2.31.